The topological polar surface area (TPSA) is 95.9 Å². The molecule has 0 aromatic rings. The van der Waals surface area contributed by atoms with E-state index in [2.05, 4.69) is 43.5 Å². The van der Waals surface area contributed by atoms with Crippen molar-refractivity contribution in [2.24, 2.45) is 0 Å². The molecule has 0 aliphatic heterocycles. The summed E-state index contributed by atoms with van der Waals surface area (Å²) in [4.78, 5) is 24.7. The van der Waals surface area contributed by atoms with Crippen molar-refractivity contribution in [2.45, 2.75) is 482 Å². The van der Waals surface area contributed by atoms with Crippen LogP contribution in [0.1, 0.15) is 470 Å². The molecule has 6 heteroatoms. The Balaban J connectivity index is 3.32. The Morgan fingerprint density at radius 3 is 0.798 bits per heavy atom. The van der Waals surface area contributed by atoms with Gasteiger partial charge in [0.1, 0.15) is 0 Å². The van der Waals surface area contributed by atoms with Gasteiger partial charge in [-0.25, -0.2) is 0 Å². The Kier molecular flexibility index (Phi) is 77.3. The van der Waals surface area contributed by atoms with E-state index >= 15 is 0 Å². The minimum Gasteiger partial charge on any atom is -0.466 e. The summed E-state index contributed by atoms with van der Waals surface area (Å²) in [6, 6.07) is -0.538. The summed E-state index contributed by atoms with van der Waals surface area (Å²) >= 11 is 0. The molecule has 0 rings (SSSR count). The lowest BCUT2D eigenvalue weighted by atomic mass is 10.0. The Labute approximate surface area is 558 Å². The maximum Gasteiger partial charge on any atom is 0.305 e. The first-order valence-electron chi connectivity index (χ1n) is 41.1. The number of esters is 1. The third-order valence-corrected chi connectivity index (χ3v) is 19.5. The second-order valence-electron chi connectivity index (χ2n) is 28.5. The van der Waals surface area contributed by atoms with Crippen LogP contribution in [0, 0.1) is 0 Å². The van der Waals surface area contributed by atoms with Crippen molar-refractivity contribution in [3.63, 3.8) is 0 Å². The van der Waals surface area contributed by atoms with Gasteiger partial charge in [-0.2, -0.15) is 0 Å². The Bertz CT molecular complexity index is 1400. The van der Waals surface area contributed by atoms with E-state index in [1.54, 1.807) is 0 Å². The molecule has 0 saturated heterocycles. The fourth-order valence-electron chi connectivity index (χ4n) is 13.2. The summed E-state index contributed by atoms with van der Waals surface area (Å²) < 4.78 is 5.51. The Hall–Kier alpha value is -1.66. The van der Waals surface area contributed by atoms with Gasteiger partial charge in [0.25, 0.3) is 0 Å². The highest BCUT2D eigenvalue weighted by Crippen LogP contribution is 2.20. The highest BCUT2D eigenvalue weighted by molar-refractivity contribution is 5.76. The lowest BCUT2D eigenvalue weighted by Gasteiger charge is -2.22. The van der Waals surface area contributed by atoms with E-state index in [1.807, 2.05) is 0 Å². The maximum atomic E-state index is 12.5. The summed E-state index contributed by atoms with van der Waals surface area (Å²) in [7, 11) is 0. The van der Waals surface area contributed by atoms with Gasteiger partial charge in [-0.15, -0.1) is 0 Å². The van der Waals surface area contributed by atoms with Crippen LogP contribution in [-0.4, -0.2) is 47.4 Å². The van der Waals surface area contributed by atoms with Crippen molar-refractivity contribution in [3.8, 4) is 0 Å². The van der Waals surface area contributed by atoms with Gasteiger partial charge in [-0.05, 0) is 77.0 Å². The molecule has 6 nitrogen and oxygen atoms in total. The van der Waals surface area contributed by atoms with Crippen LogP contribution in [0.15, 0.2) is 24.3 Å². The molecule has 2 unspecified atom stereocenters. The van der Waals surface area contributed by atoms with Crippen LogP contribution in [0.25, 0.3) is 0 Å². The molecule has 3 N–H and O–H groups in total. The molecule has 0 radical (unpaired) electrons. The molecule has 0 spiro atoms. The van der Waals surface area contributed by atoms with E-state index in [0.717, 1.165) is 38.5 Å². The van der Waals surface area contributed by atoms with Crippen molar-refractivity contribution in [1.82, 2.24) is 5.32 Å². The van der Waals surface area contributed by atoms with Crippen molar-refractivity contribution in [1.29, 1.82) is 0 Å². The number of carbonyl (C=O) groups is 2. The van der Waals surface area contributed by atoms with Crippen molar-refractivity contribution in [2.75, 3.05) is 13.2 Å². The number of amides is 1. The van der Waals surface area contributed by atoms with Crippen LogP contribution >= 0.6 is 0 Å². The minimum atomic E-state index is -0.662. The van der Waals surface area contributed by atoms with E-state index in [4.69, 9.17) is 4.74 Å². The van der Waals surface area contributed by atoms with Crippen molar-refractivity contribution >= 4 is 11.9 Å². The van der Waals surface area contributed by atoms with Crippen LogP contribution in [0.5, 0.6) is 0 Å². The third kappa shape index (κ3) is 75.3. The highest BCUT2D eigenvalue weighted by Gasteiger charge is 2.20. The fourth-order valence-corrected chi connectivity index (χ4v) is 13.2. The Morgan fingerprint density at radius 2 is 0.528 bits per heavy atom. The number of carbonyl (C=O) groups excluding carboxylic acids is 2. The molecule has 89 heavy (non-hydrogen) atoms. The molecule has 0 aliphatic rings. The van der Waals surface area contributed by atoms with Gasteiger partial charge in [0.15, 0.2) is 0 Å². The number of aliphatic hydroxyl groups excluding tert-OH is 2. The van der Waals surface area contributed by atoms with Crippen molar-refractivity contribution < 1.29 is 24.5 Å². The van der Waals surface area contributed by atoms with Crippen molar-refractivity contribution in [3.05, 3.63) is 24.3 Å². The average molecular weight is 1250 g/mol. The first-order valence-corrected chi connectivity index (χ1v) is 41.1. The molecule has 0 bridgehead atoms. The van der Waals surface area contributed by atoms with Gasteiger partial charge in [0.2, 0.25) is 5.91 Å². The van der Waals surface area contributed by atoms with E-state index in [0.29, 0.717) is 25.9 Å². The predicted octanol–water partition coefficient (Wildman–Crippen LogP) is 27.2. The predicted molar refractivity (Wildman–Crippen MR) is 393 cm³/mol. The SMILES string of the molecule is CCCCCCCCC/C=C\CCCCCCCCCC(=O)OCCCCCCCCCCCCCCCCCC/C=C\CCCCCCCCCCCCCCCCCCCC(=O)NC(CO)C(O)CCCCCCCCCCCCCCCCCCC. The van der Waals surface area contributed by atoms with E-state index in [-0.39, 0.29) is 18.5 Å². The first-order chi connectivity index (χ1) is 44.0. The molecule has 1 amide bonds. The number of rotatable bonds is 78. The normalized spacial score (nSPS) is 12.5. The zero-order valence-electron chi connectivity index (χ0n) is 60.7. The molecule has 0 heterocycles. The average Bonchev–Trinajstić information content (AvgIpc) is 3.67. The molecule has 0 fully saturated rings. The molecular weight excluding hydrogens is 1090 g/mol. The third-order valence-electron chi connectivity index (χ3n) is 19.5. The minimum absolute atomic E-state index is 0.0196. The largest absolute Gasteiger partial charge is 0.466 e. The number of hydrogen-bond acceptors (Lipinski definition) is 5. The summed E-state index contributed by atoms with van der Waals surface area (Å²) in [6.45, 7) is 5.00. The maximum absolute atomic E-state index is 12.5. The van der Waals surface area contributed by atoms with Gasteiger partial charge in [0.05, 0.1) is 25.4 Å². The van der Waals surface area contributed by atoms with E-state index < -0.39 is 12.1 Å². The summed E-state index contributed by atoms with van der Waals surface area (Å²) in [5.41, 5.74) is 0. The molecule has 0 saturated carbocycles. The molecular formula is C83H161NO5. The van der Waals surface area contributed by atoms with Crippen LogP contribution < -0.4 is 5.32 Å². The summed E-state index contributed by atoms with van der Waals surface area (Å²) in [5.74, 6) is -0.00695. The van der Waals surface area contributed by atoms with Gasteiger partial charge >= 0.3 is 5.97 Å². The smallest absolute Gasteiger partial charge is 0.305 e. The number of aliphatic hydroxyl groups is 2. The summed E-state index contributed by atoms with van der Waals surface area (Å²) in [6.07, 6.45) is 101. The lowest BCUT2D eigenvalue weighted by Crippen LogP contribution is -2.45. The number of nitrogens with one attached hydrogen (secondary N) is 1. The second-order valence-corrected chi connectivity index (χ2v) is 28.5. The quantitative estimate of drug-likeness (QED) is 0.0320. The van der Waals surface area contributed by atoms with Gasteiger partial charge in [-0.3, -0.25) is 9.59 Å². The number of unbranched alkanes of at least 4 members (excludes halogenated alkanes) is 63. The first kappa shape index (κ1) is 87.3. The molecule has 528 valence electrons. The van der Waals surface area contributed by atoms with Gasteiger partial charge in [-0.1, -0.05) is 404 Å². The Morgan fingerprint density at radius 1 is 0.303 bits per heavy atom. The zero-order chi connectivity index (χ0) is 64.2. The van der Waals surface area contributed by atoms with Gasteiger partial charge in [0, 0.05) is 12.8 Å². The molecule has 2 atom stereocenters. The monoisotopic (exact) mass is 1250 g/mol. The van der Waals surface area contributed by atoms with Gasteiger partial charge < -0.3 is 20.3 Å². The van der Waals surface area contributed by atoms with E-state index in [1.165, 1.54) is 398 Å². The number of ether oxygens (including phenoxy) is 1. The number of hydrogen-bond donors (Lipinski definition) is 3. The molecule has 0 aromatic carbocycles. The number of allylic oxidation sites excluding steroid dienone is 4. The summed E-state index contributed by atoms with van der Waals surface area (Å²) in [5, 5.41) is 23.4. The standard InChI is InChI=1S/C83H161NO5/c1-3-5-7-9-11-13-15-17-19-21-45-49-53-57-61-65-69-73-77-83(88)89-78-74-70-66-62-58-54-50-46-42-40-38-36-34-32-30-28-26-24-22-23-25-27-29-31-33-35-37-39-41-44-48-52-56-60-64-68-72-76-82(87)84-80(79-85)81(86)75-71-67-63-59-55-51-47-43-20-18-16-14-12-10-8-6-4-2/h19,21-22,24,80-81,85-86H,3-18,20,23,25-79H2,1-2H3,(H,84,87)/b21-19-,24-22-. The zero-order valence-corrected chi connectivity index (χ0v) is 60.7. The van der Waals surface area contributed by atoms with Crippen LogP contribution in [0.2, 0.25) is 0 Å². The molecule has 0 aromatic heterocycles. The van der Waals surface area contributed by atoms with Crippen LogP contribution in [-0.2, 0) is 14.3 Å². The van der Waals surface area contributed by atoms with Crippen LogP contribution in [0.4, 0.5) is 0 Å². The second kappa shape index (κ2) is 78.8. The fraction of sp³-hybridized carbons (Fsp3) is 0.928. The van der Waals surface area contributed by atoms with E-state index in [9.17, 15) is 19.8 Å². The lowest BCUT2D eigenvalue weighted by molar-refractivity contribution is -0.143. The highest BCUT2D eigenvalue weighted by atomic mass is 16.5. The van der Waals surface area contributed by atoms with Crippen LogP contribution in [0.3, 0.4) is 0 Å². The molecule has 0 aliphatic carbocycles.